The van der Waals surface area contributed by atoms with Gasteiger partial charge in [0, 0.05) is 12.3 Å². The SMILES string of the molecule is Cn1c(Cc2ncccc2[N+](=O)[O-])[n+](C)c2ccccc21. The van der Waals surface area contributed by atoms with Crippen LogP contribution in [0, 0.1) is 10.1 Å². The number of hydrogen-bond acceptors (Lipinski definition) is 3. The Morgan fingerprint density at radius 1 is 1.29 bits per heavy atom. The van der Waals surface area contributed by atoms with E-state index in [1.165, 1.54) is 6.07 Å². The molecule has 0 aliphatic carbocycles. The molecule has 3 aromatic rings. The summed E-state index contributed by atoms with van der Waals surface area (Å²) in [7, 11) is 3.93. The second kappa shape index (κ2) is 4.97. The summed E-state index contributed by atoms with van der Waals surface area (Å²) in [5.74, 6) is 0.970. The molecule has 2 heterocycles. The van der Waals surface area contributed by atoms with Crippen LogP contribution in [0.1, 0.15) is 11.5 Å². The van der Waals surface area contributed by atoms with Gasteiger partial charge in [0.2, 0.25) is 0 Å². The molecule has 21 heavy (non-hydrogen) atoms. The predicted octanol–water partition coefficient (Wildman–Crippen LogP) is 1.90. The summed E-state index contributed by atoms with van der Waals surface area (Å²) in [5.41, 5.74) is 2.72. The van der Waals surface area contributed by atoms with E-state index in [4.69, 9.17) is 0 Å². The molecule has 106 valence electrons. The number of nitrogens with zero attached hydrogens (tertiary/aromatic N) is 4. The van der Waals surface area contributed by atoms with Crippen molar-refractivity contribution in [3.05, 3.63) is 64.2 Å². The molecule has 0 spiro atoms. The fraction of sp³-hybridized carbons (Fsp3) is 0.200. The monoisotopic (exact) mass is 283 g/mol. The zero-order valence-corrected chi connectivity index (χ0v) is 11.9. The highest BCUT2D eigenvalue weighted by atomic mass is 16.6. The second-order valence-corrected chi connectivity index (χ2v) is 4.93. The maximum Gasteiger partial charge on any atom is 0.291 e. The first-order valence-corrected chi connectivity index (χ1v) is 6.60. The summed E-state index contributed by atoms with van der Waals surface area (Å²) in [6.45, 7) is 0. The number of hydrogen-bond donors (Lipinski definition) is 0. The molecule has 0 saturated heterocycles. The van der Waals surface area contributed by atoms with Gasteiger partial charge in [-0.2, -0.15) is 0 Å². The van der Waals surface area contributed by atoms with Gasteiger partial charge < -0.3 is 0 Å². The molecule has 1 aromatic carbocycles. The fourth-order valence-corrected chi connectivity index (χ4v) is 2.65. The average Bonchev–Trinajstić information content (AvgIpc) is 2.73. The van der Waals surface area contributed by atoms with E-state index in [9.17, 15) is 10.1 Å². The van der Waals surface area contributed by atoms with E-state index >= 15 is 0 Å². The summed E-state index contributed by atoms with van der Waals surface area (Å²) < 4.78 is 4.10. The number of benzene rings is 1. The van der Waals surface area contributed by atoms with Crippen molar-refractivity contribution in [2.45, 2.75) is 6.42 Å². The van der Waals surface area contributed by atoms with Gasteiger partial charge in [0.05, 0.1) is 25.4 Å². The second-order valence-electron chi connectivity index (χ2n) is 4.93. The smallest absolute Gasteiger partial charge is 0.258 e. The molecule has 0 radical (unpaired) electrons. The summed E-state index contributed by atoms with van der Waals surface area (Å²) in [5, 5.41) is 11.1. The summed E-state index contributed by atoms with van der Waals surface area (Å²) in [4.78, 5) is 14.9. The van der Waals surface area contributed by atoms with Crippen molar-refractivity contribution in [1.82, 2.24) is 9.55 Å². The van der Waals surface area contributed by atoms with E-state index in [0.717, 1.165) is 16.9 Å². The quantitative estimate of drug-likeness (QED) is 0.419. The Hall–Kier alpha value is -2.76. The lowest BCUT2D eigenvalue weighted by atomic mass is 10.2. The van der Waals surface area contributed by atoms with Crippen LogP contribution in [-0.2, 0) is 20.5 Å². The van der Waals surface area contributed by atoms with Gasteiger partial charge in [0.1, 0.15) is 5.69 Å². The maximum atomic E-state index is 11.1. The highest BCUT2D eigenvalue weighted by Crippen LogP contribution is 2.20. The van der Waals surface area contributed by atoms with Crippen molar-refractivity contribution in [1.29, 1.82) is 0 Å². The van der Waals surface area contributed by atoms with Crippen LogP contribution in [0.3, 0.4) is 0 Å². The Balaban J connectivity index is 2.13. The van der Waals surface area contributed by atoms with Crippen molar-refractivity contribution in [3.8, 4) is 0 Å². The molecule has 0 N–H and O–H groups in total. The van der Waals surface area contributed by atoms with Crippen molar-refractivity contribution < 1.29 is 9.49 Å². The summed E-state index contributed by atoms with van der Waals surface area (Å²) >= 11 is 0. The number of pyridine rings is 1. The molecule has 0 aliphatic heterocycles. The Morgan fingerprint density at radius 3 is 2.76 bits per heavy atom. The van der Waals surface area contributed by atoms with Crippen LogP contribution in [-0.4, -0.2) is 14.5 Å². The third kappa shape index (κ3) is 2.14. The Kier molecular flexibility index (Phi) is 3.13. The number of fused-ring (bicyclic) bond motifs is 1. The maximum absolute atomic E-state index is 11.1. The Bertz CT molecular complexity index is 800. The summed E-state index contributed by atoms with van der Waals surface area (Å²) in [6, 6.07) is 11.1. The van der Waals surface area contributed by atoms with Gasteiger partial charge in [-0.1, -0.05) is 12.1 Å². The zero-order valence-electron chi connectivity index (χ0n) is 11.9. The van der Waals surface area contributed by atoms with Gasteiger partial charge in [-0.25, -0.2) is 9.13 Å². The van der Waals surface area contributed by atoms with E-state index in [2.05, 4.69) is 4.98 Å². The average molecular weight is 283 g/mol. The van der Waals surface area contributed by atoms with Gasteiger partial charge in [-0.3, -0.25) is 15.1 Å². The molecule has 0 amide bonds. The van der Waals surface area contributed by atoms with Gasteiger partial charge in [-0.05, 0) is 18.2 Å². The van der Waals surface area contributed by atoms with E-state index < -0.39 is 0 Å². The van der Waals surface area contributed by atoms with Gasteiger partial charge in [0.15, 0.2) is 11.0 Å². The molecule has 0 fully saturated rings. The van der Waals surface area contributed by atoms with Crippen molar-refractivity contribution in [2.75, 3.05) is 0 Å². The molecule has 0 aliphatic rings. The van der Waals surface area contributed by atoms with E-state index in [-0.39, 0.29) is 10.6 Å². The van der Waals surface area contributed by atoms with Crippen molar-refractivity contribution in [2.24, 2.45) is 14.1 Å². The molecule has 6 nitrogen and oxygen atoms in total. The predicted molar refractivity (Wildman–Crippen MR) is 77.8 cm³/mol. The number of aromatic nitrogens is 3. The largest absolute Gasteiger partial charge is 0.291 e. The molecule has 2 aromatic heterocycles. The van der Waals surface area contributed by atoms with Crippen molar-refractivity contribution in [3.63, 3.8) is 0 Å². The van der Waals surface area contributed by atoms with E-state index in [1.807, 2.05) is 47.5 Å². The molecule has 0 saturated carbocycles. The number of para-hydroxylation sites is 2. The van der Waals surface area contributed by atoms with Crippen LogP contribution in [0.2, 0.25) is 0 Å². The highest BCUT2D eigenvalue weighted by Gasteiger charge is 2.24. The molecule has 0 bridgehead atoms. The minimum absolute atomic E-state index is 0.0581. The highest BCUT2D eigenvalue weighted by molar-refractivity contribution is 5.72. The minimum Gasteiger partial charge on any atom is -0.258 e. The normalized spacial score (nSPS) is 11.0. The van der Waals surface area contributed by atoms with Crippen LogP contribution in [0.5, 0.6) is 0 Å². The van der Waals surface area contributed by atoms with Crippen LogP contribution < -0.4 is 4.57 Å². The number of nitro groups is 1. The first-order valence-electron chi connectivity index (χ1n) is 6.60. The van der Waals surface area contributed by atoms with Gasteiger partial charge >= 0.3 is 0 Å². The number of aryl methyl sites for hydroxylation is 2. The molecular formula is C15H15N4O2+. The van der Waals surface area contributed by atoms with Crippen molar-refractivity contribution >= 4 is 16.7 Å². The van der Waals surface area contributed by atoms with E-state index in [0.29, 0.717) is 12.1 Å². The molecule has 0 atom stereocenters. The third-order valence-corrected chi connectivity index (χ3v) is 3.77. The fourth-order valence-electron chi connectivity index (χ4n) is 2.65. The third-order valence-electron chi connectivity index (χ3n) is 3.77. The minimum atomic E-state index is -0.384. The molecule has 6 heteroatoms. The zero-order chi connectivity index (χ0) is 15.0. The first kappa shape index (κ1) is 13.2. The molecule has 3 rings (SSSR count). The topological polar surface area (TPSA) is 64.8 Å². The Morgan fingerprint density at radius 2 is 2.05 bits per heavy atom. The molecular weight excluding hydrogens is 268 g/mol. The van der Waals surface area contributed by atoms with E-state index in [1.54, 1.807) is 12.3 Å². The number of imidazole rings is 1. The van der Waals surface area contributed by atoms with Crippen LogP contribution in [0.4, 0.5) is 5.69 Å². The Labute approximate surface area is 121 Å². The van der Waals surface area contributed by atoms with Crippen LogP contribution >= 0.6 is 0 Å². The lowest BCUT2D eigenvalue weighted by Gasteiger charge is -2.00. The summed E-state index contributed by atoms with van der Waals surface area (Å²) in [6.07, 6.45) is 2.00. The van der Waals surface area contributed by atoms with Gasteiger partial charge in [-0.15, -0.1) is 0 Å². The number of rotatable bonds is 3. The lowest BCUT2D eigenvalue weighted by molar-refractivity contribution is -0.653. The van der Waals surface area contributed by atoms with Crippen LogP contribution in [0.25, 0.3) is 11.0 Å². The first-order chi connectivity index (χ1) is 10.1. The standard InChI is InChI=1S/C15H15N4O2/c1-17-13-6-3-4-7-14(13)18(2)15(17)10-11-12(19(20)21)8-5-9-16-11/h3-9H,10H2,1-2H3/q+1. The van der Waals surface area contributed by atoms with Crippen LogP contribution in [0.15, 0.2) is 42.6 Å². The lowest BCUT2D eigenvalue weighted by Crippen LogP contribution is -2.33. The van der Waals surface area contributed by atoms with Gasteiger partial charge in [0.25, 0.3) is 11.5 Å². The molecule has 0 unspecified atom stereocenters.